The van der Waals surface area contributed by atoms with Crippen LogP contribution >= 0.6 is 0 Å². The zero-order valence-corrected chi connectivity index (χ0v) is 13.1. The Labute approximate surface area is 127 Å². The van der Waals surface area contributed by atoms with Crippen molar-refractivity contribution in [1.82, 2.24) is 4.57 Å². The van der Waals surface area contributed by atoms with Gasteiger partial charge in [0.05, 0.1) is 18.2 Å². The van der Waals surface area contributed by atoms with Crippen molar-refractivity contribution in [1.29, 1.82) is 0 Å². The lowest BCUT2D eigenvalue weighted by Crippen LogP contribution is -2.15. The third kappa shape index (κ3) is 2.91. The van der Waals surface area contributed by atoms with Gasteiger partial charge >= 0.3 is 6.09 Å². The van der Waals surface area contributed by atoms with E-state index in [2.05, 4.69) is 0 Å². The second kappa shape index (κ2) is 6.34. The minimum absolute atomic E-state index is 0.128. The fourth-order valence-corrected chi connectivity index (χ4v) is 2.23. The van der Waals surface area contributed by atoms with Gasteiger partial charge in [0, 0.05) is 17.1 Å². The monoisotopic (exact) mass is 311 g/mol. The molecule has 0 radical (unpaired) electrons. The largest absolute Gasteiger partial charge is 0.485 e. The maximum Gasteiger partial charge on any atom is 0.418 e. The first-order chi connectivity index (χ1) is 10.4. The third-order valence-electron chi connectivity index (χ3n) is 3.10. The quantitative estimate of drug-likeness (QED) is 0.839. The number of carbonyl (C=O) groups is 1. The number of aromatic nitrogens is 1. The van der Waals surface area contributed by atoms with Crippen LogP contribution in [0.2, 0.25) is 0 Å². The summed E-state index contributed by atoms with van der Waals surface area (Å²) in [5.74, 6) is -2.09. The number of ether oxygens (including phenoxy) is 2. The molecule has 1 aromatic heterocycles. The van der Waals surface area contributed by atoms with E-state index >= 15 is 0 Å². The first kappa shape index (κ1) is 16.3. The average Bonchev–Trinajstić information content (AvgIpc) is 2.77. The standard InChI is InChI=1S/C16H19F2NO3/c1-5-6-21-16(20)19-10(4)7-11-13(19)8-12(17)15(14(11)18)22-9(2)3/h7-9H,5-6H2,1-4H3. The van der Waals surface area contributed by atoms with E-state index in [0.717, 1.165) is 10.6 Å². The number of rotatable bonds is 4. The Hall–Kier alpha value is -2.11. The molecule has 0 aliphatic rings. The molecule has 22 heavy (non-hydrogen) atoms. The first-order valence-corrected chi connectivity index (χ1v) is 7.20. The number of fused-ring (bicyclic) bond motifs is 1. The summed E-state index contributed by atoms with van der Waals surface area (Å²) in [6.45, 7) is 7.11. The van der Waals surface area contributed by atoms with Gasteiger partial charge in [0.2, 0.25) is 0 Å². The fourth-order valence-electron chi connectivity index (χ4n) is 2.23. The van der Waals surface area contributed by atoms with E-state index in [1.165, 1.54) is 6.07 Å². The molecule has 0 amide bonds. The van der Waals surface area contributed by atoms with Gasteiger partial charge in [-0.1, -0.05) is 6.92 Å². The minimum Gasteiger partial charge on any atom is -0.485 e. The topological polar surface area (TPSA) is 40.5 Å². The Morgan fingerprint density at radius 3 is 2.59 bits per heavy atom. The lowest BCUT2D eigenvalue weighted by Gasteiger charge is -2.13. The zero-order valence-electron chi connectivity index (χ0n) is 13.1. The summed E-state index contributed by atoms with van der Waals surface area (Å²) in [5.41, 5.74) is 0.598. The van der Waals surface area contributed by atoms with Gasteiger partial charge in [-0.3, -0.25) is 0 Å². The van der Waals surface area contributed by atoms with E-state index < -0.39 is 23.5 Å². The van der Waals surface area contributed by atoms with Crippen molar-refractivity contribution in [3.63, 3.8) is 0 Å². The van der Waals surface area contributed by atoms with Crippen molar-refractivity contribution in [3.8, 4) is 5.75 Å². The summed E-state index contributed by atoms with van der Waals surface area (Å²) in [6, 6.07) is 2.57. The number of aryl methyl sites for hydroxylation is 1. The molecule has 0 fully saturated rings. The highest BCUT2D eigenvalue weighted by Gasteiger charge is 2.22. The van der Waals surface area contributed by atoms with Gasteiger partial charge in [-0.2, -0.15) is 0 Å². The SMILES string of the molecule is CCCOC(=O)n1c(C)cc2c(F)c(OC(C)C)c(F)cc21. The van der Waals surface area contributed by atoms with E-state index in [-0.39, 0.29) is 23.6 Å². The van der Waals surface area contributed by atoms with Crippen LogP contribution in [0.5, 0.6) is 5.75 Å². The van der Waals surface area contributed by atoms with Crippen molar-refractivity contribution in [3.05, 3.63) is 29.5 Å². The molecular weight excluding hydrogens is 292 g/mol. The van der Waals surface area contributed by atoms with Crippen LogP contribution in [0, 0.1) is 18.6 Å². The van der Waals surface area contributed by atoms with Crippen LogP contribution in [0.1, 0.15) is 32.9 Å². The maximum atomic E-state index is 14.5. The Morgan fingerprint density at radius 1 is 1.32 bits per heavy atom. The number of halogens is 2. The molecule has 1 heterocycles. The van der Waals surface area contributed by atoms with E-state index in [1.807, 2.05) is 6.92 Å². The molecule has 0 unspecified atom stereocenters. The zero-order chi connectivity index (χ0) is 16.4. The molecule has 0 saturated carbocycles. The molecule has 0 bridgehead atoms. The van der Waals surface area contributed by atoms with Gasteiger partial charge in [-0.05, 0) is 33.3 Å². The predicted octanol–water partition coefficient (Wildman–Crippen LogP) is 4.41. The Morgan fingerprint density at radius 2 is 2.00 bits per heavy atom. The fraction of sp³-hybridized carbons (Fsp3) is 0.438. The molecule has 0 atom stereocenters. The van der Waals surface area contributed by atoms with E-state index in [4.69, 9.17) is 9.47 Å². The smallest absolute Gasteiger partial charge is 0.418 e. The predicted molar refractivity (Wildman–Crippen MR) is 79.4 cm³/mol. The molecular formula is C16H19F2NO3. The molecule has 2 aromatic rings. The number of hydrogen-bond acceptors (Lipinski definition) is 3. The average molecular weight is 311 g/mol. The van der Waals surface area contributed by atoms with Gasteiger partial charge in [0.15, 0.2) is 17.4 Å². The van der Waals surface area contributed by atoms with Crippen molar-refractivity contribution in [2.75, 3.05) is 6.61 Å². The number of hydrogen-bond donors (Lipinski definition) is 0. The summed E-state index contributed by atoms with van der Waals surface area (Å²) in [5, 5.41) is 0.128. The number of benzene rings is 1. The lowest BCUT2D eigenvalue weighted by atomic mass is 10.2. The molecule has 6 heteroatoms. The van der Waals surface area contributed by atoms with Gasteiger partial charge in [-0.15, -0.1) is 0 Å². The highest BCUT2D eigenvalue weighted by atomic mass is 19.1. The molecule has 4 nitrogen and oxygen atoms in total. The van der Waals surface area contributed by atoms with Crippen molar-refractivity contribution >= 4 is 17.0 Å². The van der Waals surface area contributed by atoms with Crippen molar-refractivity contribution in [2.24, 2.45) is 0 Å². The van der Waals surface area contributed by atoms with Crippen LogP contribution in [0.4, 0.5) is 13.6 Å². The van der Waals surface area contributed by atoms with Crippen molar-refractivity contribution < 1.29 is 23.0 Å². The minimum atomic E-state index is -0.846. The molecule has 1 aromatic carbocycles. The molecule has 0 spiro atoms. The Kier molecular flexibility index (Phi) is 4.68. The van der Waals surface area contributed by atoms with Crippen LogP contribution in [-0.4, -0.2) is 23.4 Å². The molecule has 0 aliphatic heterocycles. The molecule has 0 N–H and O–H groups in total. The van der Waals surface area contributed by atoms with Crippen LogP contribution in [-0.2, 0) is 4.74 Å². The normalized spacial score (nSPS) is 11.2. The lowest BCUT2D eigenvalue weighted by molar-refractivity contribution is 0.148. The number of carbonyl (C=O) groups excluding carboxylic acids is 1. The summed E-state index contributed by atoms with van der Waals surface area (Å²) in [4.78, 5) is 12.0. The van der Waals surface area contributed by atoms with E-state index in [1.54, 1.807) is 20.8 Å². The first-order valence-electron chi connectivity index (χ1n) is 7.20. The molecule has 2 rings (SSSR count). The van der Waals surface area contributed by atoms with Crippen LogP contribution < -0.4 is 4.74 Å². The summed E-state index contributed by atoms with van der Waals surface area (Å²) < 4.78 is 40.0. The summed E-state index contributed by atoms with van der Waals surface area (Å²) in [7, 11) is 0. The second-order valence-corrected chi connectivity index (χ2v) is 5.34. The van der Waals surface area contributed by atoms with Crippen LogP contribution in [0.3, 0.4) is 0 Å². The van der Waals surface area contributed by atoms with Crippen LogP contribution in [0.25, 0.3) is 10.9 Å². The maximum absolute atomic E-state index is 14.5. The van der Waals surface area contributed by atoms with E-state index in [9.17, 15) is 13.6 Å². The molecule has 0 aliphatic carbocycles. The molecule has 120 valence electrons. The summed E-state index contributed by atoms with van der Waals surface area (Å²) >= 11 is 0. The summed E-state index contributed by atoms with van der Waals surface area (Å²) in [6.07, 6.45) is -0.344. The van der Waals surface area contributed by atoms with Crippen LogP contribution in [0.15, 0.2) is 12.1 Å². The highest BCUT2D eigenvalue weighted by molar-refractivity contribution is 5.92. The van der Waals surface area contributed by atoms with Gasteiger partial charge in [0.25, 0.3) is 0 Å². The van der Waals surface area contributed by atoms with Gasteiger partial charge in [0.1, 0.15) is 0 Å². The Balaban J connectivity index is 2.58. The third-order valence-corrected chi connectivity index (χ3v) is 3.10. The number of nitrogens with zero attached hydrogens (tertiary/aromatic N) is 1. The Bertz CT molecular complexity index is 707. The van der Waals surface area contributed by atoms with Gasteiger partial charge in [-0.25, -0.2) is 18.1 Å². The van der Waals surface area contributed by atoms with Gasteiger partial charge < -0.3 is 9.47 Å². The van der Waals surface area contributed by atoms with E-state index in [0.29, 0.717) is 12.1 Å². The molecule has 0 saturated heterocycles. The highest BCUT2D eigenvalue weighted by Crippen LogP contribution is 2.32. The van der Waals surface area contributed by atoms with Crippen molar-refractivity contribution in [2.45, 2.75) is 40.2 Å². The second-order valence-electron chi connectivity index (χ2n) is 5.34.